The minimum Gasteiger partial charge on any atom is -0.315 e. The molecule has 4 heteroatoms. The molecule has 3 rings (SSSR count). The van der Waals surface area contributed by atoms with E-state index in [0.29, 0.717) is 0 Å². The van der Waals surface area contributed by atoms with Crippen molar-refractivity contribution in [1.82, 2.24) is 19.8 Å². The molecule has 0 bridgehead atoms. The van der Waals surface area contributed by atoms with Crippen molar-refractivity contribution in [3.05, 3.63) is 36.2 Å². The van der Waals surface area contributed by atoms with Gasteiger partial charge < -0.3 is 5.32 Å². The molecule has 1 fully saturated rings. The van der Waals surface area contributed by atoms with E-state index >= 15 is 0 Å². The van der Waals surface area contributed by atoms with Crippen LogP contribution in [0.15, 0.2) is 30.6 Å². The largest absolute Gasteiger partial charge is 0.315 e. The normalized spacial score (nSPS) is 18.4. The van der Waals surface area contributed by atoms with Gasteiger partial charge in [0.25, 0.3) is 0 Å². The van der Waals surface area contributed by atoms with E-state index in [9.17, 15) is 0 Å². The Labute approximate surface area is 101 Å². The Morgan fingerprint density at radius 2 is 2.18 bits per heavy atom. The molecule has 0 radical (unpaired) electrons. The molecule has 0 aromatic carbocycles. The topological polar surface area (TPSA) is 32.6 Å². The summed E-state index contributed by atoms with van der Waals surface area (Å²) in [5.41, 5.74) is 2.49. The van der Waals surface area contributed by atoms with Crippen LogP contribution >= 0.6 is 0 Å². The predicted molar refractivity (Wildman–Crippen MR) is 68.0 cm³/mol. The van der Waals surface area contributed by atoms with Crippen LogP contribution in [0.5, 0.6) is 0 Å². The molecule has 1 aliphatic rings. The van der Waals surface area contributed by atoms with Crippen LogP contribution in [0.1, 0.15) is 12.0 Å². The first-order chi connectivity index (χ1) is 8.42. The fourth-order valence-corrected chi connectivity index (χ4v) is 2.37. The molecule has 0 unspecified atom stereocenters. The second-order valence-corrected chi connectivity index (χ2v) is 4.62. The quantitative estimate of drug-likeness (QED) is 0.839. The molecule has 0 aliphatic carbocycles. The number of pyridine rings is 1. The molecule has 1 N–H and O–H groups in total. The van der Waals surface area contributed by atoms with Crippen molar-refractivity contribution in [2.24, 2.45) is 0 Å². The van der Waals surface area contributed by atoms with Gasteiger partial charge in [-0.1, -0.05) is 6.07 Å². The molecule has 0 amide bonds. The number of nitrogens with zero attached hydrogens (tertiary/aromatic N) is 3. The lowest BCUT2D eigenvalue weighted by atomic mass is 10.2. The van der Waals surface area contributed by atoms with Crippen LogP contribution in [0, 0.1) is 0 Å². The summed E-state index contributed by atoms with van der Waals surface area (Å²) in [6.07, 6.45) is 5.21. The Hall–Kier alpha value is -1.39. The second-order valence-electron chi connectivity index (χ2n) is 4.62. The fraction of sp³-hybridized carbons (Fsp3) is 0.462. The van der Waals surface area contributed by atoms with Gasteiger partial charge >= 0.3 is 0 Å². The molecule has 4 nitrogen and oxygen atoms in total. The molecular formula is C13H18N4. The molecular weight excluding hydrogens is 212 g/mol. The Kier molecular flexibility index (Phi) is 3.07. The highest BCUT2D eigenvalue weighted by Gasteiger charge is 2.09. The zero-order valence-corrected chi connectivity index (χ0v) is 9.97. The van der Waals surface area contributed by atoms with E-state index in [1.807, 2.05) is 16.8 Å². The zero-order valence-electron chi connectivity index (χ0n) is 9.97. The van der Waals surface area contributed by atoms with Gasteiger partial charge in [-0.25, -0.2) is 4.52 Å². The molecule has 1 saturated heterocycles. The summed E-state index contributed by atoms with van der Waals surface area (Å²) >= 11 is 0. The first-order valence-electron chi connectivity index (χ1n) is 6.27. The van der Waals surface area contributed by atoms with E-state index in [2.05, 4.69) is 33.6 Å². The van der Waals surface area contributed by atoms with Crippen LogP contribution in [0.25, 0.3) is 5.52 Å². The monoisotopic (exact) mass is 230 g/mol. The van der Waals surface area contributed by atoms with Gasteiger partial charge in [0.2, 0.25) is 0 Å². The van der Waals surface area contributed by atoms with Gasteiger partial charge in [-0.2, -0.15) is 5.10 Å². The Morgan fingerprint density at radius 1 is 1.18 bits per heavy atom. The van der Waals surface area contributed by atoms with Gasteiger partial charge in [0.05, 0.1) is 5.52 Å². The number of fused-ring (bicyclic) bond motifs is 1. The molecule has 0 spiro atoms. The molecule has 0 atom stereocenters. The molecule has 1 aliphatic heterocycles. The predicted octanol–water partition coefficient (Wildman–Crippen LogP) is 1.13. The lowest BCUT2D eigenvalue weighted by Gasteiger charge is -2.19. The maximum atomic E-state index is 4.28. The Bertz CT molecular complexity index is 483. The molecule has 2 aromatic rings. The summed E-state index contributed by atoms with van der Waals surface area (Å²) in [7, 11) is 0. The number of rotatable bonds is 2. The van der Waals surface area contributed by atoms with Crippen molar-refractivity contribution in [2.75, 3.05) is 26.2 Å². The van der Waals surface area contributed by atoms with Crippen molar-refractivity contribution in [3.63, 3.8) is 0 Å². The maximum absolute atomic E-state index is 4.28. The van der Waals surface area contributed by atoms with E-state index < -0.39 is 0 Å². The Morgan fingerprint density at radius 3 is 3.18 bits per heavy atom. The van der Waals surface area contributed by atoms with E-state index in [1.165, 1.54) is 18.5 Å². The van der Waals surface area contributed by atoms with Crippen molar-refractivity contribution in [1.29, 1.82) is 0 Å². The van der Waals surface area contributed by atoms with Gasteiger partial charge in [-0.05, 0) is 37.2 Å². The van der Waals surface area contributed by atoms with Crippen molar-refractivity contribution in [3.8, 4) is 0 Å². The lowest BCUT2D eigenvalue weighted by molar-refractivity contribution is 0.284. The number of hydrogen-bond donors (Lipinski definition) is 1. The summed E-state index contributed by atoms with van der Waals surface area (Å²) in [5, 5.41) is 7.71. The zero-order chi connectivity index (χ0) is 11.5. The number of aromatic nitrogens is 2. The molecule has 3 heterocycles. The lowest BCUT2D eigenvalue weighted by Crippen LogP contribution is -2.27. The van der Waals surface area contributed by atoms with Crippen molar-refractivity contribution in [2.45, 2.75) is 13.0 Å². The highest BCUT2D eigenvalue weighted by Crippen LogP contribution is 2.09. The van der Waals surface area contributed by atoms with Crippen LogP contribution in [-0.4, -0.2) is 40.7 Å². The van der Waals surface area contributed by atoms with E-state index in [4.69, 9.17) is 0 Å². The van der Waals surface area contributed by atoms with Crippen molar-refractivity contribution < 1.29 is 0 Å². The number of nitrogens with one attached hydrogen (secondary N) is 1. The summed E-state index contributed by atoms with van der Waals surface area (Å²) in [6.45, 7) is 5.59. The third kappa shape index (κ3) is 2.48. The first kappa shape index (κ1) is 10.7. The summed E-state index contributed by atoms with van der Waals surface area (Å²) in [6, 6.07) is 6.37. The second kappa shape index (κ2) is 4.85. The average molecular weight is 230 g/mol. The van der Waals surface area contributed by atoms with Gasteiger partial charge in [0.1, 0.15) is 0 Å². The summed E-state index contributed by atoms with van der Waals surface area (Å²) in [4.78, 5) is 2.50. The minimum absolute atomic E-state index is 1.03. The fourth-order valence-electron chi connectivity index (χ4n) is 2.37. The summed E-state index contributed by atoms with van der Waals surface area (Å²) in [5.74, 6) is 0. The van der Waals surface area contributed by atoms with Gasteiger partial charge in [-0.3, -0.25) is 4.90 Å². The van der Waals surface area contributed by atoms with Gasteiger partial charge in [0, 0.05) is 32.0 Å². The van der Waals surface area contributed by atoms with Crippen molar-refractivity contribution >= 4 is 5.52 Å². The smallest absolute Gasteiger partial charge is 0.0661 e. The Balaban J connectivity index is 1.74. The van der Waals surface area contributed by atoms with Gasteiger partial charge in [-0.15, -0.1) is 0 Å². The molecule has 17 heavy (non-hydrogen) atoms. The van der Waals surface area contributed by atoms with Crippen LogP contribution in [0.3, 0.4) is 0 Å². The van der Waals surface area contributed by atoms with Crippen LogP contribution in [0.4, 0.5) is 0 Å². The van der Waals surface area contributed by atoms with Crippen LogP contribution in [-0.2, 0) is 6.54 Å². The third-order valence-electron chi connectivity index (χ3n) is 3.30. The molecule has 90 valence electrons. The average Bonchev–Trinajstić information content (AvgIpc) is 2.65. The third-order valence-corrected chi connectivity index (χ3v) is 3.30. The SMILES string of the molecule is c1cc2ccc(CN3CCCNCC3)cn2n1. The highest BCUT2D eigenvalue weighted by atomic mass is 15.2. The molecule has 2 aromatic heterocycles. The van der Waals surface area contributed by atoms with E-state index in [1.54, 1.807) is 0 Å². The van der Waals surface area contributed by atoms with Gasteiger partial charge in [0.15, 0.2) is 0 Å². The standard InChI is InChI=1S/C13H18N4/c1-5-14-7-9-16(8-1)10-12-2-3-13-4-6-15-17(13)11-12/h2-4,6,11,14H,1,5,7-10H2. The summed E-state index contributed by atoms with van der Waals surface area (Å²) < 4.78 is 1.95. The number of hydrogen-bond acceptors (Lipinski definition) is 3. The van der Waals surface area contributed by atoms with E-state index in [-0.39, 0.29) is 0 Å². The first-order valence-corrected chi connectivity index (χ1v) is 6.27. The van der Waals surface area contributed by atoms with Crippen LogP contribution < -0.4 is 5.32 Å². The highest BCUT2D eigenvalue weighted by molar-refractivity contribution is 5.45. The maximum Gasteiger partial charge on any atom is 0.0661 e. The van der Waals surface area contributed by atoms with Crippen LogP contribution in [0.2, 0.25) is 0 Å². The molecule has 0 saturated carbocycles. The van der Waals surface area contributed by atoms with E-state index in [0.717, 1.165) is 31.7 Å². The minimum atomic E-state index is 1.03.